The predicted molar refractivity (Wildman–Crippen MR) is 137 cm³/mol. The maximum absolute atomic E-state index is 11.6. The minimum absolute atomic E-state index is 0.104. The molecule has 226 valence electrons. The van der Waals surface area contributed by atoms with E-state index in [2.05, 4.69) is 14.9 Å². The van der Waals surface area contributed by atoms with Crippen molar-refractivity contribution in [1.82, 2.24) is 14.9 Å². The zero-order valence-corrected chi connectivity index (χ0v) is 23.0. The van der Waals surface area contributed by atoms with Gasteiger partial charge in [-0.05, 0) is 30.9 Å². The highest BCUT2D eigenvalue weighted by Crippen LogP contribution is 2.52. The molecule has 2 aromatic heterocycles. The molecule has 2 aliphatic rings. The van der Waals surface area contributed by atoms with E-state index in [1.807, 2.05) is 12.1 Å². The monoisotopic (exact) mass is 581 g/mol. The number of rotatable bonds is 12. The number of aliphatic carboxylic acids is 3. The molecule has 0 spiro atoms. The van der Waals surface area contributed by atoms with Crippen LogP contribution < -0.4 is 9.47 Å². The zero-order chi connectivity index (χ0) is 30.4. The summed E-state index contributed by atoms with van der Waals surface area (Å²) in [5.41, 5.74) is -3.09. The smallest absolute Gasteiger partial charge is 0.336 e. The number of nitrogens with zero attached hydrogens (tertiary/aromatic N) is 3. The Morgan fingerprint density at radius 3 is 2.29 bits per heavy atom. The molecule has 3 heterocycles. The number of hydrogen-bond donors (Lipinski definition) is 5. The predicted octanol–water partition coefficient (Wildman–Crippen LogP) is 0.714. The summed E-state index contributed by atoms with van der Waals surface area (Å²) < 4.78 is 21.5. The minimum Gasteiger partial charge on any atom is -0.481 e. The van der Waals surface area contributed by atoms with Crippen LogP contribution in [0.5, 0.6) is 11.9 Å². The van der Waals surface area contributed by atoms with Gasteiger partial charge < -0.3 is 44.2 Å². The molecule has 2 aromatic rings. The van der Waals surface area contributed by atoms with Gasteiger partial charge in [0.25, 0.3) is 0 Å². The zero-order valence-electron chi connectivity index (χ0n) is 23.0. The van der Waals surface area contributed by atoms with E-state index in [1.165, 1.54) is 7.11 Å². The van der Waals surface area contributed by atoms with Crippen molar-refractivity contribution in [1.29, 1.82) is 0 Å². The fourth-order valence-corrected chi connectivity index (χ4v) is 5.41. The van der Waals surface area contributed by atoms with E-state index < -0.39 is 42.0 Å². The molecule has 1 saturated heterocycles. The number of ether oxygens (including phenoxy) is 3. The van der Waals surface area contributed by atoms with Crippen LogP contribution in [0.4, 0.5) is 0 Å². The number of carbonyl (C=O) groups is 3. The second kappa shape index (κ2) is 13.2. The Labute approximate surface area is 235 Å². The van der Waals surface area contributed by atoms with Crippen molar-refractivity contribution in [3.63, 3.8) is 0 Å². The van der Waals surface area contributed by atoms with E-state index in [9.17, 15) is 19.5 Å². The lowest BCUT2D eigenvalue weighted by atomic mass is 9.83. The molecule has 0 unspecified atom stereocenters. The van der Waals surface area contributed by atoms with Crippen molar-refractivity contribution in [2.24, 2.45) is 11.8 Å². The summed E-state index contributed by atoms with van der Waals surface area (Å²) in [6.45, 7) is 2.93. The molecular weight excluding hydrogens is 546 g/mol. The van der Waals surface area contributed by atoms with Gasteiger partial charge >= 0.3 is 23.9 Å². The molecular formula is C26H35N3O12. The van der Waals surface area contributed by atoms with Gasteiger partial charge in [-0.2, -0.15) is 4.98 Å². The van der Waals surface area contributed by atoms with E-state index in [4.69, 9.17) is 39.1 Å². The molecule has 4 rings (SSSR count). The Morgan fingerprint density at radius 2 is 1.73 bits per heavy atom. The van der Waals surface area contributed by atoms with Crippen LogP contribution in [0.2, 0.25) is 0 Å². The maximum atomic E-state index is 11.6. The molecule has 15 heteroatoms. The Hall–Kier alpha value is -3.79. The second-order valence-corrected chi connectivity index (χ2v) is 10.1. The third-order valence-corrected chi connectivity index (χ3v) is 7.27. The summed E-state index contributed by atoms with van der Waals surface area (Å²) in [6, 6.07) is 4.18. The van der Waals surface area contributed by atoms with Gasteiger partial charge in [-0.25, -0.2) is 9.78 Å². The van der Waals surface area contributed by atoms with Crippen LogP contribution in [0.3, 0.4) is 0 Å². The molecule has 0 bridgehead atoms. The molecule has 15 nitrogen and oxygen atoms in total. The van der Waals surface area contributed by atoms with Gasteiger partial charge in [0.2, 0.25) is 5.88 Å². The van der Waals surface area contributed by atoms with Crippen LogP contribution in [-0.4, -0.2) is 98.3 Å². The van der Waals surface area contributed by atoms with Crippen molar-refractivity contribution >= 4 is 17.9 Å². The van der Waals surface area contributed by atoms with Crippen molar-refractivity contribution in [2.45, 2.75) is 50.0 Å². The Morgan fingerprint density at radius 1 is 1.07 bits per heavy atom. The lowest BCUT2D eigenvalue weighted by Gasteiger charge is -2.31. The van der Waals surface area contributed by atoms with Gasteiger partial charge in [-0.3, -0.25) is 14.5 Å². The minimum atomic E-state index is -2.74. The number of likely N-dealkylation sites (tertiary alicyclic amines) is 1. The summed E-state index contributed by atoms with van der Waals surface area (Å²) in [7, 11) is 4.72. The summed E-state index contributed by atoms with van der Waals surface area (Å²) in [6.07, 6.45) is 0.990. The quantitative estimate of drug-likeness (QED) is 0.233. The van der Waals surface area contributed by atoms with Crippen molar-refractivity contribution in [2.75, 3.05) is 34.4 Å². The topological polar surface area (TPSA) is 222 Å². The Balaban J connectivity index is 0.000000302. The molecule has 5 N–H and O–H groups in total. The molecule has 1 aliphatic carbocycles. The third-order valence-electron chi connectivity index (χ3n) is 7.27. The number of aromatic nitrogens is 2. The highest BCUT2D eigenvalue weighted by Gasteiger charge is 2.54. The van der Waals surface area contributed by atoms with E-state index in [0.29, 0.717) is 30.4 Å². The van der Waals surface area contributed by atoms with E-state index in [1.54, 1.807) is 20.4 Å². The van der Waals surface area contributed by atoms with Crippen molar-refractivity contribution < 1.29 is 58.5 Å². The lowest BCUT2D eigenvalue weighted by molar-refractivity contribution is -0.170. The average molecular weight is 582 g/mol. The van der Waals surface area contributed by atoms with Gasteiger partial charge in [0.1, 0.15) is 23.7 Å². The summed E-state index contributed by atoms with van der Waals surface area (Å²) in [5, 5.41) is 45.4. The molecule has 1 saturated carbocycles. The normalized spacial score (nSPS) is 22.0. The number of fused-ring (bicyclic) bond motifs is 1. The first-order valence-electron chi connectivity index (χ1n) is 12.7. The maximum Gasteiger partial charge on any atom is 0.336 e. The number of hydrogen-bond acceptors (Lipinski definition) is 12. The fourth-order valence-electron chi connectivity index (χ4n) is 5.41. The SMILES string of the molecule is COCc1ccc(CN2C[C@@H]3CC[C@@](O)(c4cnc(OC)nc4OC)[C@@H]3C2)o1.O=C(O)CC(O)(CC(=O)O)C(=O)O. The van der Waals surface area contributed by atoms with E-state index in [0.717, 1.165) is 37.6 Å². The van der Waals surface area contributed by atoms with E-state index in [-0.39, 0.29) is 11.9 Å². The third kappa shape index (κ3) is 7.49. The Kier molecular flexibility index (Phi) is 10.3. The number of furan rings is 1. The highest BCUT2D eigenvalue weighted by molar-refractivity contribution is 5.88. The molecule has 0 radical (unpaired) electrons. The highest BCUT2D eigenvalue weighted by atomic mass is 16.5. The number of methoxy groups -OCH3 is 3. The fraction of sp³-hybridized carbons (Fsp3) is 0.577. The van der Waals surface area contributed by atoms with Gasteiger partial charge in [-0.1, -0.05) is 0 Å². The van der Waals surface area contributed by atoms with Gasteiger partial charge in [0.05, 0.1) is 39.2 Å². The van der Waals surface area contributed by atoms with Crippen LogP contribution in [0.25, 0.3) is 0 Å². The lowest BCUT2D eigenvalue weighted by Crippen LogP contribution is -2.42. The molecule has 41 heavy (non-hydrogen) atoms. The summed E-state index contributed by atoms with van der Waals surface area (Å²) in [4.78, 5) is 41.3. The molecule has 3 atom stereocenters. The first kappa shape index (κ1) is 31.7. The van der Waals surface area contributed by atoms with Crippen LogP contribution in [0.1, 0.15) is 42.8 Å². The van der Waals surface area contributed by atoms with Crippen molar-refractivity contribution in [3.8, 4) is 11.9 Å². The first-order valence-corrected chi connectivity index (χ1v) is 12.7. The van der Waals surface area contributed by atoms with Gasteiger partial charge in [0, 0.05) is 32.3 Å². The number of carboxylic acids is 3. The number of carboxylic acid groups (broad SMARTS) is 3. The summed E-state index contributed by atoms with van der Waals surface area (Å²) >= 11 is 0. The molecule has 2 fully saturated rings. The van der Waals surface area contributed by atoms with Crippen LogP contribution in [-0.2, 0) is 37.9 Å². The van der Waals surface area contributed by atoms with Crippen molar-refractivity contribution in [3.05, 3.63) is 35.4 Å². The van der Waals surface area contributed by atoms with Gasteiger partial charge in [-0.15, -0.1) is 0 Å². The Bertz CT molecular complexity index is 1220. The summed E-state index contributed by atoms with van der Waals surface area (Å²) in [5.74, 6) is -2.37. The van der Waals surface area contributed by atoms with Crippen LogP contribution in [0.15, 0.2) is 22.7 Å². The number of aliphatic hydroxyl groups is 2. The largest absolute Gasteiger partial charge is 0.481 e. The van der Waals surface area contributed by atoms with Crippen LogP contribution in [0, 0.1) is 11.8 Å². The van der Waals surface area contributed by atoms with Crippen LogP contribution >= 0.6 is 0 Å². The average Bonchev–Trinajstić information content (AvgIpc) is 3.60. The second-order valence-electron chi connectivity index (χ2n) is 10.1. The first-order chi connectivity index (χ1) is 19.3. The van der Waals surface area contributed by atoms with E-state index >= 15 is 0 Å². The molecule has 0 amide bonds. The standard InChI is InChI=1S/C20H27N3O5.C6H8O7/c1-25-12-15-5-4-14(28-15)10-23-9-13-6-7-20(24,17(13)11-23)16-8-21-19(27-3)22-18(16)26-2;7-3(8)1-6(13,5(11)12)2-4(9)10/h4-5,8,13,17,24H,6-7,9-12H2,1-3H3;13H,1-2H2,(H,7,8)(H,9,10)(H,11,12)/t13-,17+,20+;/m0./s1. The molecule has 0 aromatic carbocycles. The molecule has 1 aliphatic heterocycles. The van der Waals surface area contributed by atoms with Gasteiger partial charge in [0.15, 0.2) is 5.60 Å².